The molecular formula is C15H18N2O2S2. The largest absolute Gasteiger partial charge is 0.358 e. The highest BCUT2D eigenvalue weighted by Gasteiger charge is 2.16. The Kier molecular flexibility index (Phi) is 5.76. The topological polar surface area (TPSA) is 49.4 Å². The van der Waals surface area contributed by atoms with Gasteiger partial charge in [0, 0.05) is 18.7 Å². The van der Waals surface area contributed by atoms with Crippen molar-refractivity contribution >= 4 is 45.7 Å². The normalized spacial score (nSPS) is 14.0. The van der Waals surface area contributed by atoms with E-state index in [2.05, 4.69) is 10.2 Å². The second-order valence-electron chi connectivity index (χ2n) is 4.90. The molecule has 1 N–H and O–H groups in total. The van der Waals surface area contributed by atoms with E-state index in [1.807, 2.05) is 0 Å². The highest BCUT2D eigenvalue weighted by molar-refractivity contribution is 8.23. The number of ketones is 1. The number of benzene rings is 1. The van der Waals surface area contributed by atoms with Crippen molar-refractivity contribution in [1.29, 1.82) is 0 Å². The first-order chi connectivity index (χ1) is 10.1. The molecule has 112 valence electrons. The van der Waals surface area contributed by atoms with Gasteiger partial charge >= 0.3 is 0 Å². The van der Waals surface area contributed by atoms with Gasteiger partial charge in [-0.2, -0.15) is 0 Å². The Balaban J connectivity index is 1.87. The quantitative estimate of drug-likeness (QED) is 0.682. The molecule has 0 unspecified atom stereocenters. The van der Waals surface area contributed by atoms with Crippen LogP contribution in [0.3, 0.4) is 0 Å². The van der Waals surface area contributed by atoms with Gasteiger partial charge in [0.15, 0.2) is 5.78 Å². The minimum absolute atomic E-state index is 0.0638. The van der Waals surface area contributed by atoms with Gasteiger partial charge in [-0.3, -0.25) is 9.59 Å². The number of amides is 1. The van der Waals surface area contributed by atoms with Gasteiger partial charge in [-0.05, 0) is 31.9 Å². The number of hydrogen-bond donors (Lipinski definition) is 1. The van der Waals surface area contributed by atoms with Crippen LogP contribution in [0.2, 0.25) is 0 Å². The lowest BCUT2D eigenvalue weighted by Crippen LogP contribution is -2.25. The molecule has 0 radical (unpaired) electrons. The summed E-state index contributed by atoms with van der Waals surface area (Å²) in [6.45, 7) is 3.46. The number of carbonyl (C=O) groups is 2. The van der Waals surface area contributed by atoms with Crippen LogP contribution in [0, 0.1) is 0 Å². The number of likely N-dealkylation sites (tertiary alicyclic amines) is 1. The van der Waals surface area contributed by atoms with Crippen LogP contribution in [-0.2, 0) is 4.79 Å². The van der Waals surface area contributed by atoms with Crippen molar-refractivity contribution < 1.29 is 9.59 Å². The van der Waals surface area contributed by atoms with Crippen LogP contribution in [0.25, 0.3) is 0 Å². The van der Waals surface area contributed by atoms with E-state index < -0.39 is 0 Å². The van der Waals surface area contributed by atoms with Gasteiger partial charge in [0.05, 0.1) is 11.4 Å². The molecular weight excluding hydrogens is 304 g/mol. The summed E-state index contributed by atoms with van der Waals surface area (Å²) in [5, 5.41) is 2.78. The van der Waals surface area contributed by atoms with E-state index in [9.17, 15) is 9.59 Å². The maximum Gasteiger partial charge on any atom is 0.234 e. The van der Waals surface area contributed by atoms with E-state index in [4.69, 9.17) is 12.2 Å². The van der Waals surface area contributed by atoms with Gasteiger partial charge < -0.3 is 10.2 Å². The number of Topliss-reactive ketones (excluding diaryl/α,β-unsaturated/α-hetero) is 1. The molecule has 1 saturated heterocycles. The van der Waals surface area contributed by atoms with E-state index in [1.165, 1.54) is 31.5 Å². The van der Waals surface area contributed by atoms with Crippen LogP contribution in [0.15, 0.2) is 24.3 Å². The molecule has 0 aliphatic carbocycles. The minimum atomic E-state index is -0.143. The molecule has 1 aliphatic heterocycles. The van der Waals surface area contributed by atoms with Crippen molar-refractivity contribution in [2.45, 2.75) is 19.8 Å². The van der Waals surface area contributed by atoms with Crippen molar-refractivity contribution in [3.05, 3.63) is 29.8 Å². The lowest BCUT2D eigenvalue weighted by atomic mass is 10.1. The van der Waals surface area contributed by atoms with Crippen LogP contribution < -0.4 is 5.32 Å². The predicted molar refractivity (Wildman–Crippen MR) is 90.9 cm³/mol. The summed E-state index contributed by atoms with van der Waals surface area (Å²) in [5.41, 5.74) is 1.08. The summed E-state index contributed by atoms with van der Waals surface area (Å²) < 4.78 is 0.780. The van der Waals surface area contributed by atoms with Gasteiger partial charge in [0.25, 0.3) is 0 Å². The first-order valence-electron chi connectivity index (χ1n) is 6.89. The first kappa shape index (κ1) is 16.0. The molecule has 1 fully saturated rings. The predicted octanol–water partition coefficient (Wildman–Crippen LogP) is 2.94. The molecule has 0 atom stereocenters. The number of hydrogen-bond acceptors (Lipinski definition) is 4. The van der Waals surface area contributed by atoms with E-state index in [-0.39, 0.29) is 17.4 Å². The van der Waals surface area contributed by atoms with Crippen LogP contribution >= 0.6 is 24.0 Å². The molecule has 0 bridgehead atoms. The number of anilines is 1. The zero-order chi connectivity index (χ0) is 15.2. The van der Waals surface area contributed by atoms with E-state index >= 15 is 0 Å². The average molecular weight is 322 g/mol. The molecule has 1 amide bonds. The fourth-order valence-corrected chi connectivity index (χ4v) is 3.25. The molecule has 1 aromatic rings. The molecule has 0 spiro atoms. The molecule has 4 nitrogen and oxygen atoms in total. The number of thioether (sulfide) groups is 1. The molecule has 0 aromatic heterocycles. The standard InChI is InChI=1S/C15H18N2O2S2/c1-11(18)12-6-2-3-7-13(12)16-14(19)10-21-15(20)17-8-4-5-9-17/h2-3,6-7H,4-5,8-10H2,1H3,(H,16,19). The Hall–Kier alpha value is -1.40. The lowest BCUT2D eigenvalue weighted by molar-refractivity contribution is -0.113. The number of nitrogens with zero attached hydrogens (tertiary/aromatic N) is 1. The van der Waals surface area contributed by atoms with Crippen molar-refractivity contribution in [1.82, 2.24) is 4.90 Å². The smallest absolute Gasteiger partial charge is 0.234 e. The third-order valence-electron chi connectivity index (χ3n) is 3.27. The maximum atomic E-state index is 12.0. The van der Waals surface area contributed by atoms with Crippen molar-refractivity contribution in [2.75, 3.05) is 24.2 Å². The summed E-state index contributed by atoms with van der Waals surface area (Å²) in [7, 11) is 0. The molecule has 1 heterocycles. The Morgan fingerprint density at radius 2 is 1.95 bits per heavy atom. The van der Waals surface area contributed by atoms with Crippen LogP contribution in [0.4, 0.5) is 5.69 Å². The third kappa shape index (κ3) is 4.54. The maximum absolute atomic E-state index is 12.0. The monoisotopic (exact) mass is 322 g/mol. The molecule has 21 heavy (non-hydrogen) atoms. The first-order valence-corrected chi connectivity index (χ1v) is 8.29. The summed E-state index contributed by atoms with van der Waals surface area (Å²) in [6.07, 6.45) is 2.33. The van der Waals surface area contributed by atoms with Gasteiger partial charge in [-0.1, -0.05) is 36.1 Å². The number of carbonyl (C=O) groups excluding carboxylic acids is 2. The Labute approximate surface area is 134 Å². The number of thiocarbonyl (C=S) groups is 1. The summed E-state index contributed by atoms with van der Waals surface area (Å²) in [6, 6.07) is 7.02. The van der Waals surface area contributed by atoms with Crippen molar-refractivity contribution in [2.24, 2.45) is 0 Å². The number of rotatable bonds is 4. The molecule has 1 aliphatic rings. The fourth-order valence-electron chi connectivity index (χ4n) is 2.20. The molecule has 2 rings (SSSR count). The van der Waals surface area contributed by atoms with E-state index in [0.29, 0.717) is 11.3 Å². The second kappa shape index (κ2) is 7.56. The van der Waals surface area contributed by atoms with Gasteiger partial charge in [-0.25, -0.2) is 0 Å². The highest BCUT2D eigenvalue weighted by atomic mass is 32.2. The second-order valence-corrected chi connectivity index (χ2v) is 6.51. The van der Waals surface area contributed by atoms with Crippen LogP contribution in [0.1, 0.15) is 30.1 Å². The fraction of sp³-hybridized carbons (Fsp3) is 0.400. The number of para-hydroxylation sites is 1. The van der Waals surface area contributed by atoms with E-state index in [0.717, 1.165) is 17.4 Å². The van der Waals surface area contributed by atoms with Crippen molar-refractivity contribution in [3.8, 4) is 0 Å². The van der Waals surface area contributed by atoms with Gasteiger partial charge in [0.1, 0.15) is 4.32 Å². The Morgan fingerprint density at radius 3 is 2.62 bits per heavy atom. The third-order valence-corrected chi connectivity index (χ3v) is 4.79. The van der Waals surface area contributed by atoms with Crippen LogP contribution in [-0.4, -0.2) is 39.8 Å². The molecule has 6 heteroatoms. The summed E-state index contributed by atoms with van der Waals surface area (Å²) >= 11 is 6.69. The zero-order valence-electron chi connectivity index (χ0n) is 11.9. The molecule has 0 saturated carbocycles. The highest BCUT2D eigenvalue weighted by Crippen LogP contribution is 2.18. The minimum Gasteiger partial charge on any atom is -0.358 e. The summed E-state index contributed by atoms with van der Waals surface area (Å²) in [5.74, 6) is 0.0584. The Morgan fingerprint density at radius 1 is 1.29 bits per heavy atom. The lowest BCUT2D eigenvalue weighted by Gasteiger charge is -2.17. The molecule has 1 aromatic carbocycles. The van der Waals surface area contributed by atoms with Crippen molar-refractivity contribution in [3.63, 3.8) is 0 Å². The zero-order valence-corrected chi connectivity index (χ0v) is 13.6. The Bertz CT molecular complexity index is 554. The average Bonchev–Trinajstić information content (AvgIpc) is 2.99. The SMILES string of the molecule is CC(=O)c1ccccc1NC(=O)CSC(=S)N1CCCC1. The van der Waals surface area contributed by atoms with Gasteiger partial charge in [0.2, 0.25) is 5.91 Å². The van der Waals surface area contributed by atoms with Gasteiger partial charge in [-0.15, -0.1) is 0 Å². The number of nitrogens with one attached hydrogen (secondary N) is 1. The van der Waals surface area contributed by atoms with Crippen LogP contribution in [0.5, 0.6) is 0 Å². The van der Waals surface area contributed by atoms with E-state index in [1.54, 1.807) is 24.3 Å². The summed E-state index contributed by atoms with van der Waals surface area (Å²) in [4.78, 5) is 25.6.